The van der Waals surface area contributed by atoms with E-state index in [1.165, 1.54) is 0 Å². The molecule has 1 saturated carbocycles. The number of ketones is 1. The third-order valence-corrected chi connectivity index (χ3v) is 4.58. The summed E-state index contributed by atoms with van der Waals surface area (Å²) in [6.07, 6.45) is 4.30. The molecule has 0 unspecified atom stereocenters. The minimum absolute atomic E-state index is 0.172. The van der Waals surface area contributed by atoms with Crippen molar-refractivity contribution in [3.63, 3.8) is 0 Å². The molecule has 0 spiro atoms. The van der Waals surface area contributed by atoms with Gasteiger partial charge in [0.2, 0.25) is 0 Å². The van der Waals surface area contributed by atoms with E-state index in [0.29, 0.717) is 12.2 Å². The highest BCUT2D eigenvalue weighted by Crippen LogP contribution is 2.29. The number of esters is 1. The van der Waals surface area contributed by atoms with E-state index < -0.39 is 0 Å². The van der Waals surface area contributed by atoms with Crippen molar-refractivity contribution in [3.8, 4) is 11.1 Å². The fourth-order valence-electron chi connectivity index (χ4n) is 3.32. The predicted molar refractivity (Wildman–Crippen MR) is 94.1 cm³/mol. The summed E-state index contributed by atoms with van der Waals surface area (Å²) in [6.45, 7) is 2.15. The minimum atomic E-state index is -0.322. The van der Waals surface area contributed by atoms with Crippen LogP contribution in [0.25, 0.3) is 11.1 Å². The molecule has 0 bridgehead atoms. The molecular formula is C21H22O3. The van der Waals surface area contributed by atoms with Gasteiger partial charge >= 0.3 is 5.97 Å². The van der Waals surface area contributed by atoms with Crippen molar-refractivity contribution in [1.82, 2.24) is 0 Å². The number of rotatable bonds is 5. The normalized spacial score (nSPS) is 14.5. The van der Waals surface area contributed by atoms with Gasteiger partial charge in [-0.15, -0.1) is 0 Å². The Morgan fingerprint density at radius 3 is 2.17 bits per heavy atom. The molecule has 0 atom stereocenters. The smallest absolute Gasteiger partial charge is 0.338 e. The van der Waals surface area contributed by atoms with Crippen LogP contribution < -0.4 is 0 Å². The first kappa shape index (κ1) is 16.4. The summed E-state index contributed by atoms with van der Waals surface area (Å²) >= 11 is 0. The van der Waals surface area contributed by atoms with Crippen LogP contribution in [0.2, 0.25) is 0 Å². The molecule has 124 valence electrons. The largest absolute Gasteiger partial charge is 0.462 e. The van der Waals surface area contributed by atoms with E-state index in [0.717, 1.165) is 42.4 Å². The van der Waals surface area contributed by atoms with Crippen LogP contribution in [-0.4, -0.2) is 18.4 Å². The topological polar surface area (TPSA) is 43.4 Å². The molecule has 0 amide bonds. The lowest BCUT2D eigenvalue weighted by Gasteiger charge is -2.10. The Kier molecular flexibility index (Phi) is 5.09. The SMILES string of the molecule is CCOC(=O)c1cccc(-c2cccc(C(=O)C3CCCC3)c2)c1. The summed E-state index contributed by atoms with van der Waals surface area (Å²) in [5.41, 5.74) is 3.16. The highest BCUT2D eigenvalue weighted by atomic mass is 16.5. The minimum Gasteiger partial charge on any atom is -0.462 e. The van der Waals surface area contributed by atoms with E-state index in [9.17, 15) is 9.59 Å². The Morgan fingerprint density at radius 2 is 1.54 bits per heavy atom. The number of carbonyl (C=O) groups excluding carboxylic acids is 2. The third-order valence-electron chi connectivity index (χ3n) is 4.58. The molecule has 3 heteroatoms. The second-order valence-corrected chi connectivity index (χ2v) is 6.23. The molecule has 0 heterocycles. The van der Waals surface area contributed by atoms with E-state index in [2.05, 4.69) is 0 Å². The summed E-state index contributed by atoms with van der Waals surface area (Å²) in [7, 11) is 0. The Hall–Kier alpha value is -2.42. The Labute approximate surface area is 142 Å². The molecule has 0 N–H and O–H groups in total. The summed E-state index contributed by atoms with van der Waals surface area (Å²) in [6, 6.07) is 15.1. The first-order valence-corrected chi connectivity index (χ1v) is 8.61. The van der Waals surface area contributed by atoms with Gasteiger partial charge in [0, 0.05) is 11.5 Å². The van der Waals surface area contributed by atoms with E-state index in [1.807, 2.05) is 42.5 Å². The zero-order chi connectivity index (χ0) is 16.9. The predicted octanol–water partition coefficient (Wildman–Crippen LogP) is 4.90. The number of ether oxygens (including phenoxy) is 1. The van der Waals surface area contributed by atoms with E-state index in [-0.39, 0.29) is 17.7 Å². The van der Waals surface area contributed by atoms with Gasteiger partial charge in [-0.1, -0.05) is 43.2 Å². The molecule has 1 fully saturated rings. The van der Waals surface area contributed by atoms with Crippen LogP contribution in [0.4, 0.5) is 0 Å². The van der Waals surface area contributed by atoms with Crippen LogP contribution in [-0.2, 0) is 4.74 Å². The lowest BCUT2D eigenvalue weighted by atomic mass is 9.93. The molecule has 0 saturated heterocycles. The average molecular weight is 322 g/mol. The summed E-state index contributed by atoms with van der Waals surface area (Å²) < 4.78 is 5.06. The molecule has 3 nitrogen and oxygen atoms in total. The number of benzene rings is 2. The quantitative estimate of drug-likeness (QED) is 0.580. The maximum absolute atomic E-state index is 12.6. The number of carbonyl (C=O) groups is 2. The van der Waals surface area contributed by atoms with Crippen molar-refractivity contribution < 1.29 is 14.3 Å². The summed E-state index contributed by atoms with van der Waals surface area (Å²) in [4.78, 5) is 24.5. The fourth-order valence-corrected chi connectivity index (χ4v) is 3.32. The lowest BCUT2D eigenvalue weighted by Crippen LogP contribution is -2.10. The van der Waals surface area contributed by atoms with Crippen LogP contribution in [0, 0.1) is 5.92 Å². The molecule has 2 aromatic rings. The average Bonchev–Trinajstić information content (AvgIpc) is 3.16. The maximum Gasteiger partial charge on any atom is 0.338 e. The third kappa shape index (κ3) is 3.56. The highest BCUT2D eigenvalue weighted by molar-refractivity contribution is 5.99. The van der Waals surface area contributed by atoms with Crippen molar-refractivity contribution in [2.75, 3.05) is 6.61 Å². The molecule has 0 aliphatic heterocycles. The first-order chi connectivity index (χ1) is 11.7. The van der Waals surface area contributed by atoms with Gasteiger partial charge in [-0.05, 0) is 49.1 Å². The van der Waals surface area contributed by atoms with Gasteiger partial charge < -0.3 is 4.74 Å². The molecule has 3 rings (SSSR count). The van der Waals surface area contributed by atoms with E-state index >= 15 is 0 Å². The molecule has 0 aromatic heterocycles. The van der Waals surface area contributed by atoms with Crippen LogP contribution in [0.1, 0.15) is 53.3 Å². The maximum atomic E-state index is 12.6. The monoisotopic (exact) mass is 322 g/mol. The van der Waals surface area contributed by atoms with Crippen LogP contribution in [0.5, 0.6) is 0 Å². The molecule has 2 aromatic carbocycles. The summed E-state index contributed by atoms with van der Waals surface area (Å²) in [5.74, 6) is 0.0968. The van der Waals surface area contributed by atoms with Gasteiger partial charge in [-0.2, -0.15) is 0 Å². The lowest BCUT2D eigenvalue weighted by molar-refractivity contribution is 0.0526. The van der Waals surface area contributed by atoms with Crippen molar-refractivity contribution in [2.24, 2.45) is 5.92 Å². The van der Waals surface area contributed by atoms with Crippen LogP contribution in [0.3, 0.4) is 0 Å². The van der Waals surface area contributed by atoms with E-state index in [4.69, 9.17) is 4.74 Å². The van der Waals surface area contributed by atoms with Crippen molar-refractivity contribution >= 4 is 11.8 Å². The Morgan fingerprint density at radius 1 is 0.958 bits per heavy atom. The molecular weight excluding hydrogens is 300 g/mol. The summed E-state index contributed by atoms with van der Waals surface area (Å²) in [5, 5.41) is 0. The van der Waals surface area contributed by atoms with Gasteiger partial charge in [0.15, 0.2) is 5.78 Å². The number of Topliss-reactive ketones (excluding diaryl/α,β-unsaturated/α-hetero) is 1. The highest BCUT2D eigenvalue weighted by Gasteiger charge is 2.23. The van der Waals surface area contributed by atoms with Gasteiger partial charge in [0.25, 0.3) is 0 Å². The van der Waals surface area contributed by atoms with E-state index in [1.54, 1.807) is 13.0 Å². The first-order valence-electron chi connectivity index (χ1n) is 8.61. The second-order valence-electron chi connectivity index (χ2n) is 6.23. The van der Waals surface area contributed by atoms with Gasteiger partial charge in [-0.3, -0.25) is 4.79 Å². The van der Waals surface area contributed by atoms with Crippen LogP contribution in [0.15, 0.2) is 48.5 Å². The zero-order valence-electron chi connectivity index (χ0n) is 14.0. The molecule has 0 radical (unpaired) electrons. The second kappa shape index (κ2) is 7.43. The van der Waals surface area contributed by atoms with Crippen LogP contribution >= 0.6 is 0 Å². The molecule has 24 heavy (non-hydrogen) atoms. The zero-order valence-corrected chi connectivity index (χ0v) is 14.0. The fraction of sp³-hybridized carbons (Fsp3) is 0.333. The number of hydrogen-bond acceptors (Lipinski definition) is 3. The van der Waals surface area contributed by atoms with Crippen molar-refractivity contribution in [1.29, 1.82) is 0 Å². The Bertz CT molecular complexity index is 742. The van der Waals surface area contributed by atoms with Gasteiger partial charge in [-0.25, -0.2) is 4.79 Å². The molecule has 1 aliphatic rings. The van der Waals surface area contributed by atoms with Crippen molar-refractivity contribution in [2.45, 2.75) is 32.6 Å². The Balaban J connectivity index is 1.87. The molecule has 1 aliphatic carbocycles. The standard InChI is InChI=1S/C21H22O3/c1-2-24-21(23)19-12-6-10-17(14-19)16-9-5-11-18(13-16)20(22)15-7-3-4-8-15/h5-6,9-15H,2-4,7-8H2,1H3. The van der Waals surface area contributed by atoms with Gasteiger partial charge in [0.05, 0.1) is 12.2 Å². The van der Waals surface area contributed by atoms with Crippen molar-refractivity contribution in [3.05, 3.63) is 59.7 Å². The number of hydrogen-bond donors (Lipinski definition) is 0. The van der Waals surface area contributed by atoms with Gasteiger partial charge in [0.1, 0.15) is 0 Å².